The van der Waals surface area contributed by atoms with Crippen molar-refractivity contribution < 1.29 is 22.8 Å². The first-order valence-corrected chi connectivity index (χ1v) is 8.08. The highest BCUT2D eigenvalue weighted by Crippen LogP contribution is 2.21. The van der Waals surface area contributed by atoms with E-state index >= 15 is 0 Å². The SMILES string of the molecule is CCCN(CC(=O)O)S(=O)(=O)Cc1noc2ccccc12. The van der Waals surface area contributed by atoms with E-state index in [0.717, 1.165) is 4.31 Å². The summed E-state index contributed by atoms with van der Waals surface area (Å²) in [5.41, 5.74) is 0.792. The monoisotopic (exact) mass is 312 g/mol. The summed E-state index contributed by atoms with van der Waals surface area (Å²) in [6.45, 7) is 1.40. The molecule has 0 radical (unpaired) electrons. The number of sulfonamides is 1. The third-order valence-corrected chi connectivity index (χ3v) is 4.69. The molecule has 0 aliphatic rings. The molecule has 0 unspecified atom stereocenters. The van der Waals surface area contributed by atoms with Crippen molar-refractivity contribution in [3.8, 4) is 0 Å². The number of rotatable bonds is 7. The van der Waals surface area contributed by atoms with E-state index in [-0.39, 0.29) is 18.0 Å². The second-order valence-electron chi connectivity index (χ2n) is 4.61. The van der Waals surface area contributed by atoms with Crippen LogP contribution < -0.4 is 0 Å². The van der Waals surface area contributed by atoms with Crippen LogP contribution in [0.4, 0.5) is 0 Å². The van der Waals surface area contributed by atoms with Gasteiger partial charge in [0.15, 0.2) is 5.58 Å². The molecule has 0 fully saturated rings. The number of para-hydroxylation sites is 1. The molecule has 0 bridgehead atoms. The van der Waals surface area contributed by atoms with Crippen LogP contribution >= 0.6 is 0 Å². The molecule has 21 heavy (non-hydrogen) atoms. The number of carboxylic acids is 1. The van der Waals surface area contributed by atoms with E-state index in [9.17, 15) is 13.2 Å². The molecule has 0 aliphatic carbocycles. The Balaban J connectivity index is 2.28. The van der Waals surface area contributed by atoms with E-state index in [2.05, 4.69) is 5.16 Å². The highest BCUT2D eigenvalue weighted by molar-refractivity contribution is 7.88. The van der Waals surface area contributed by atoms with Crippen molar-refractivity contribution in [2.75, 3.05) is 13.1 Å². The fourth-order valence-corrected chi connectivity index (χ4v) is 3.53. The van der Waals surface area contributed by atoms with Crippen LogP contribution in [0.3, 0.4) is 0 Å². The molecule has 0 saturated heterocycles. The highest BCUT2D eigenvalue weighted by Gasteiger charge is 2.26. The summed E-state index contributed by atoms with van der Waals surface area (Å²) in [5.74, 6) is -1.56. The van der Waals surface area contributed by atoms with Gasteiger partial charge in [-0.3, -0.25) is 4.79 Å². The molecule has 8 heteroatoms. The first-order chi connectivity index (χ1) is 9.94. The predicted molar refractivity (Wildman–Crippen MR) is 76.1 cm³/mol. The van der Waals surface area contributed by atoms with E-state index in [1.54, 1.807) is 31.2 Å². The first kappa shape index (κ1) is 15.5. The van der Waals surface area contributed by atoms with Gasteiger partial charge in [-0.15, -0.1) is 0 Å². The van der Waals surface area contributed by atoms with Crippen LogP contribution in [0.15, 0.2) is 28.8 Å². The molecule has 1 heterocycles. The number of aromatic nitrogens is 1. The van der Waals surface area contributed by atoms with Gasteiger partial charge >= 0.3 is 5.97 Å². The molecule has 2 rings (SSSR count). The Bertz CT molecular complexity index is 738. The number of fused-ring (bicyclic) bond motifs is 1. The number of benzene rings is 1. The van der Waals surface area contributed by atoms with Crippen LogP contribution in [-0.4, -0.2) is 42.0 Å². The quantitative estimate of drug-likeness (QED) is 0.830. The van der Waals surface area contributed by atoms with Gasteiger partial charge in [0.25, 0.3) is 0 Å². The maximum atomic E-state index is 12.3. The number of aliphatic carboxylic acids is 1. The Morgan fingerprint density at radius 1 is 1.38 bits per heavy atom. The van der Waals surface area contributed by atoms with Gasteiger partial charge in [0.2, 0.25) is 10.0 Å². The smallest absolute Gasteiger partial charge is 0.318 e. The van der Waals surface area contributed by atoms with Crippen molar-refractivity contribution in [3.63, 3.8) is 0 Å². The standard InChI is InChI=1S/C13H16N2O5S/c1-2-7-15(8-13(16)17)21(18,19)9-11-10-5-3-4-6-12(10)20-14-11/h3-6H,2,7-9H2,1H3,(H,16,17). The maximum Gasteiger partial charge on any atom is 0.318 e. The first-order valence-electron chi connectivity index (χ1n) is 6.47. The van der Waals surface area contributed by atoms with Crippen molar-refractivity contribution in [2.45, 2.75) is 19.1 Å². The normalized spacial score (nSPS) is 12.1. The van der Waals surface area contributed by atoms with Gasteiger partial charge in [-0.05, 0) is 18.6 Å². The zero-order chi connectivity index (χ0) is 15.5. The molecule has 0 spiro atoms. The van der Waals surface area contributed by atoms with Gasteiger partial charge in [0, 0.05) is 11.9 Å². The number of carbonyl (C=O) groups is 1. The molecule has 1 N–H and O–H groups in total. The van der Waals surface area contributed by atoms with Gasteiger partial charge in [-0.1, -0.05) is 24.2 Å². The summed E-state index contributed by atoms with van der Waals surface area (Å²) < 4.78 is 30.7. The summed E-state index contributed by atoms with van der Waals surface area (Å²) in [4.78, 5) is 10.8. The topological polar surface area (TPSA) is 101 Å². The zero-order valence-corrected chi connectivity index (χ0v) is 12.3. The van der Waals surface area contributed by atoms with Crippen molar-refractivity contribution in [2.24, 2.45) is 0 Å². The molecule has 114 valence electrons. The van der Waals surface area contributed by atoms with Gasteiger partial charge in [-0.25, -0.2) is 8.42 Å². The lowest BCUT2D eigenvalue weighted by atomic mass is 10.2. The Hall–Kier alpha value is -1.93. The number of hydrogen-bond acceptors (Lipinski definition) is 5. The van der Waals surface area contributed by atoms with E-state index in [0.29, 0.717) is 17.4 Å². The fourth-order valence-electron chi connectivity index (χ4n) is 2.02. The zero-order valence-electron chi connectivity index (χ0n) is 11.5. The predicted octanol–water partition coefficient (Wildman–Crippen LogP) is 1.45. The van der Waals surface area contributed by atoms with Crippen LogP contribution in [0.5, 0.6) is 0 Å². The summed E-state index contributed by atoms with van der Waals surface area (Å²) in [7, 11) is -3.76. The molecule has 1 aromatic heterocycles. The van der Waals surface area contributed by atoms with Gasteiger partial charge in [-0.2, -0.15) is 4.31 Å². The van der Waals surface area contributed by atoms with Gasteiger partial charge in [0.1, 0.15) is 18.0 Å². The van der Waals surface area contributed by atoms with Crippen molar-refractivity contribution in [1.82, 2.24) is 9.46 Å². The lowest BCUT2D eigenvalue weighted by molar-refractivity contribution is -0.137. The molecule has 0 aliphatic heterocycles. The lowest BCUT2D eigenvalue weighted by Gasteiger charge is -2.18. The Morgan fingerprint density at radius 2 is 2.10 bits per heavy atom. The van der Waals surface area contributed by atoms with Crippen molar-refractivity contribution >= 4 is 27.0 Å². The Morgan fingerprint density at radius 3 is 2.76 bits per heavy atom. The number of hydrogen-bond donors (Lipinski definition) is 1. The summed E-state index contributed by atoms with van der Waals surface area (Å²) >= 11 is 0. The largest absolute Gasteiger partial charge is 0.480 e. The summed E-state index contributed by atoms with van der Waals surface area (Å²) in [6, 6.07) is 6.94. The Kier molecular flexibility index (Phi) is 4.59. The summed E-state index contributed by atoms with van der Waals surface area (Å²) in [6.07, 6.45) is 0.534. The fraction of sp³-hybridized carbons (Fsp3) is 0.385. The molecular formula is C13H16N2O5S. The molecule has 0 atom stereocenters. The Labute approximate surface area is 122 Å². The molecule has 7 nitrogen and oxygen atoms in total. The van der Waals surface area contributed by atoms with E-state index < -0.39 is 22.5 Å². The van der Waals surface area contributed by atoms with E-state index in [4.69, 9.17) is 9.63 Å². The lowest BCUT2D eigenvalue weighted by Crippen LogP contribution is -2.37. The minimum atomic E-state index is -3.76. The molecule has 2 aromatic rings. The average molecular weight is 312 g/mol. The molecule has 0 amide bonds. The molecule has 0 saturated carbocycles. The third kappa shape index (κ3) is 3.59. The molecular weight excluding hydrogens is 296 g/mol. The second kappa shape index (κ2) is 6.23. The van der Waals surface area contributed by atoms with Crippen molar-refractivity contribution in [1.29, 1.82) is 0 Å². The number of carboxylic acid groups (broad SMARTS) is 1. The minimum absolute atomic E-state index is 0.157. The van der Waals surface area contributed by atoms with Gasteiger partial charge < -0.3 is 9.63 Å². The van der Waals surface area contributed by atoms with E-state index in [1.165, 1.54) is 0 Å². The molecule has 1 aromatic carbocycles. The van der Waals surface area contributed by atoms with Crippen LogP contribution in [0.1, 0.15) is 19.0 Å². The van der Waals surface area contributed by atoms with Crippen molar-refractivity contribution in [3.05, 3.63) is 30.0 Å². The van der Waals surface area contributed by atoms with Crippen LogP contribution in [-0.2, 0) is 20.6 Å². The van der Waals surface area contributed by atoms with Crippen LogP contribution in [0, 0.1) is 0 Å². The van der Waals surface area contributed by atoms with E-state index in [1.807, 2.05) is 0 Å². The second-order valence-corrected chi connectivity index (χ2v) is 6.58. The summed E-state index contributed by atoms with van der Waals surface area (Å²) in [5, 5.41) is 13.2. The van der Waals surface area contributed by atoms with Crippen LogP contribution in [0.2, 0.25) is 0 Å². The van der Waals surface area contributed by atoms with Crippen LogP contribution in [0.25, 0.3) is 11.0 Å². The highest BCUT2D eigenvalue weighted by atomic mass is 32.2. The van der Waals surface area contributed by atoms with Gasteiger partial charge in [0.05, 0.1) is 0 Å². The maximum absolute atomic E-state index is 12.3. The minimum Gasteiger partial charge on any atom is -0.480 e. The third-order valence-electron chi connectivity index (χ3n) is 2.95. The number of nitrogens with zero attached hydrogens (tertiary/aromatic N) is 2. The average Bonchev–Trinajstić information content (AvgIpc) is 2.81.